The summed E-state index contributed by atoms with van der Waals surface area (Å²) < 4.78 is 18.2. The predicted molar refractivity (Wildman–Crippen MR) is 103 cm³/mol. The van der Waals surface area contributed by atoms with Crippen molar-refractivity contribution >= 4 is 18.9 Å². The van der Waals surface area contributed by atoms with E-state index in [2.05, 4.69) is 0 Å². The number of hydrogen-bond donors (Lipinski definition) is 0. The first kappa shape index (κ1) is 18.7. The zero-order chi connectivity index (χ0) is 18.9. The molecule has 4 nitrogen and oxygen atoms in total. The topological polar surface area (TPSA) is 44.8 Å². The quantitative estimate of drug-likeness (QED) is 0.608. The molecule has 0 radical (unpaired) electrons. The molecule has 0 atom stereocenters. The minimum atomic E-state index is -0.597. The molecule has 2 aromatic rings. The highest BCUT2D eigenvalue weighted by molar-refractivity contribution is 6.63. The van der Waals surface area contributed by atoms with Crippen LogP contribution < -0.4 is 10.2 Å². The largest absolute Gasteiger partial charge is 0.495 e. The number of hydrogen-bond acceptors (Lipinski definition) is 4. The summed E-state index contributed by atoms with van der Waals surface area (Å²) in [7, 11) is -0.597. The molecule has 2 aromatic carbocycles. The van der Waals surface area contributed by atoms with Crippen LogP contribution in [0.5, 0.6) is 5.75 Å². The molecule has 1 fully saturated rings. The molecular formula is C21H25BO4. The van der Waals surface area contributed by atoms with Gasteiger partial charge in [-0.25, -0.2) is 0 Å². The SMILES string of the molecule is Cc1cc(C=O)c(B2OC(C)(C)C(C)(C)O2)cc1OCc1ccccc1. The summed E-state index contributed by atoms with van der Waals surface area (Å²) in [5.41, 5.74) is 2.33. The average Bonchev–Trinajstić information content (AvgIpc) is 2.82. The van der Waals surface area contributed by atoms with Crippen LogP contribution >= 0.6 is 0 Å². The molecule has 1 aliphatic rings. The smallest absolute Gasteiger partial charge is 0.489 e. The van der Waals surface area contributed by atoms with Gasteiger partial charge in [-0.1, -0.05) is 30.3 Å². The third-order valence-corrected chi connectivity index (χ3v) is 5.25. The molecule has 0 aromatic heterocycles. The van der Waals surface area contributed by atoms with Crippen LogP contribution in [0.2, 0.25) is 0 Å². The summed E-state index contributed by atoms with van der Waals surface area (Å²) in [5, 5.41) is 0. The molecule has 26 heavy (non-hydrogen) atoms. The molecule has 1 saturated heterocycles. The van der Waals surface area contributed by atoms with Crippen molar-refractivity contribution in [3.8, 4) is 5.75 Å². The van der Waals surface area contributed by atoms with Gasteiger partial charge in [0, 0.05) is 5.56 Å². The van der Waals surface area contributed by atoms with Gasteiger partial charge >= 0.3 is 7.12 Å². The van der Waals surface area contributed by atoms with Crippen molar-refractivity contribution in [1.29, 1.82) is 0 Å². The number of aldehydes is 1. The van der Waals surface area contributed by atoms with Crippen LogP contribution in [0.25, 0.3) is 0 Å². The summed E-state index contributed by atoms with van der Waals surface area (Å²) in [5.74, 6) is 0.726. The summed E-state index contributed by atoms with van der Waals surface area (Å²) in [4.78, 5) is 11.6. The van der Waals surface area contributed by atoms with Crippen molar-refractivity contribution in [2.45, 2.75) is 52.4 Å². The Kier molecular flexibility index (Phi) is 4.95. The molecule has 0 aliphatic carbocycles. The van der Waals surface area contributed by atoms with E-state index in [-0.39, 0.29) is 0 Å². The van der Waals surface area contributed by atoms with Gasteiger partial charge in [0.2, 0.25) is 0 Å². The maximum absolute atomic E-state index is 11.6. The fraction of sp³-hybridized carbons (Fsp3) is 0.381. The number of carbonyl (C=O) groups excluding carboxylic acids is 1. The second-order valence-electron chi connectivity index (χ2n) is 7.73. The predicted octanol–water partition coefficient (Wildman–Crippen LogP) is 3.69. The Labute approximate surface area is 155 Å². The number of aryl methyl sites for hydroxylation is 1. The van der Waals surface area contributed by atoms with E-state index in [9.17, 15) is 4.79 Å². The Morgan fingerprint density at radius 3 is 2.23 bits per heavy atom. The van der Waals surface area contributed by atoms with Crippen LogP contribution in [0.15, 0.2) is 42.5 Å². The lowest BCUT2D eigenvalue weighted by atomic mass is 9.75. The molecule has 0 spiro atoms. The Morgan fingerprint density at radius 1 is 1.04 bits per heavy atom. The van der Waals surface area contributed by atoms with E-state index in [0.717, 1.165) is 23.2 Å². The van der Waals surface area contributed by atoms with Crippen LogP contribution in [0, 0.1) is 6.92 Å². The van der Waals surface area contributed by atoms with Crippen molar-refractivity contribution in [2.24, 2.45) is 0 Å². The van der Waals surface area contributed by atoms with Gasteiger partial charge in [-0.05, 0) is 63.3 Å². The van der Waals surface area contributed by atoms with E-state index >= 15 is 0 Å². The summed E-state index contributed by atoms with van der Waals surface area (Å²) in [6, 6.07) is 13.7. The van der Waals surface area contributed by atoms with E-state index in [1.54, 1.807) is 0 Å². The van der Waals surface area contributed by atoms with Crippen molar-refractivity contribution in [1.82, 2.24) is 0 Å². The zero-order valence-electron chi connectivity index (χ0n) is 16.0. The monoisotopic (exact) mass is 352 g/mol. The zero-order valence-corrected chi connectivity index (χ0v) is 16.0. The standard InChI is InChI=1S/C21H25BO4/c1-15-11-17(13-23)18(22-25-20(2,3)21(4,5)26-22)12-19(15)24-14-16-9-7-6-8-10-16/h6-13H,14H2,1-5H3. The number of ether oxygens (including phenoxy) is 1. The van der Waals surface area contributed by atoms with Gasteiger partial charge in [-0.3, -0.25) is 4.79 Å². The first-order valence-electron chi connectivity index (χ1n) is 8.85. The third-order valence-electron chi connectivity index (χ3n) is 5.25. The Morgan fingerprint density at radius 2 is 1.65 bits per heavy atom. The van der Waals surface area contributed by atoms with Gasteiger partial charge in [0.1, 0.15) is 18.6 Å². The van der Waals surface area contributed by atoms with Crippen LogP contribution in [-0.2, 0) is 15.9 Å². The van der Waals surface area contributed by atoms with Crippen LogP contribution in [0.3, 0.4) is 0 Å². The highest BCUT2D eigenvalue weighted by Gasteiger charge is 2.52. The van der Waals surface area contributed by atoms with Crippen molar-refractivity contribution in [3.63, 3.8) is 0 Å². The second kappa shape index (κ2) is 6.90. The van der Waals surface area contributed by atoms with Gasteiger partial charge < -0.3 is 14.0 Å². The van der Waals surface area contributed by atoms with Gasteiger partial charge in [-0.15, -0.1) is 0 Å². The lowest BCUT2D eigenvalue weighted by Crippen LogP contribution is -2.41. The maximum atomic E-state index is 11.6. The average molecular weight is 352 g/mol. The molecule has 0 amide bonds. The summed E-state index contributed by atoms with van der Waals surface area (Å²) >= 11 is 0. The van der Waals surface area contributed by atoms with Crippen LogP contribution in [-0.4, -0.2) is 24.6 Å². The molecule has 136 valence electrons. The molecular weight excluding hydrogens is 327 g/mol. The summed E-state index contributed by atoms with van der Waals surface area (Å²) in [6.45, 7) is 10.4. The first-order valence-corrected chi connectivity index (χ1v) is 8.85. The fourth-order valence-electron chi connectivity index (χ4n) is 2.89. The normalized spacial score (nSPS) is 18.0. The van der Waals surface area contributed by atoms with Gasteiger partial charge in [0.05, 0.1) is 11.2 Å². The first-order chi connectivity index (χ1) is 12.2. The molecule has 0 N–H and O–H groups in total. The molecule has 5 heteroatoms. The lowest BCUT2D eigenvalue weighted by molar-refractivity contribution is 0.00578. The van der Waals surface area contributed by atoms with Gasteiger partial charge in [0.15, 0.2) is 0 Å². The van der Waals surface area contributed by atoms with E-state index in [4.69, 9.17) is 14.0 Å². The third kappa shape index (κ3) is 3.55. The van der Waals surface area contributed by atoms with Crippen LogP contribution in [0.1, 0.15) is 49.2 Å². The number of benzene rings is 2. The maximum Gasteiger partial charge on any atom is 0.495 e. The van der Waals surface area contributed by atoms with Crippen LogP contribution in [0.4, 0.5) is 0 Å². The Balaban J connectivity index is 1.89. The second-order valence-corrected chi connectivity index (χ2v) is 7.73. The van der Waals surface area contributed by atoms with E-state index < -0.39 is 18.3 Å². The molecule has 0 unspecified atom stereocenters. The van der Waals surface area contributed by atoms with Gasteiger partial charge in [-0.2, -0.15) is 0 Å². The highest BCUT2D eigenvalue weighted by Crippen LogP contribution is 2.37. The summed E-state index contributed by atoms with van der Waals surface area (Å²) in [6.07, 6.45) is 0.842. The molecule has 1 aliphatic heterocycles. The van der Waals surface area contributed by atoms with E-state index in [1.807, 2.05) is 77.1 Å². The lowest BCUT2D eigenvalue weighted by Gasteiger charge is -2.32. The minimum absolute atomic E-state index is 0.463. The Hall–Kier alpha value is -2.11. The van der Waals surface area contributed by atoms with Crippen molar-refractivity contribution < 1.29 is 18.8 Å². The molecule has 1 heterocycles. The molecule has 0 bridgehead atoms. The molecule has 3 rings (SSSR count). The fourth-order valence-corrected chi connectivity index (χ4v) is 2.89. The number of rotatable bonds is 5. The van der Waals surface area contributed by atoms with Gasteiger partial charge in [0.25, 0.3) is 0 Å². The minimum Gasteiger partial charge on any atom is -0.489 e. The van der Waals surface area contributed by atoms with E-state index in [1.165, 1.54) is 0 Å². The highest BCUT2D eigenvalue weighted by atomic mass is 16.7. The van der Waals surface area contributed by atoms with Crippen molar-refractivity contribution in [2.75, 3.05) is 0 Å². The van der Waals surface area contributed by atoms with Crippen molar-refractivity contribution in [3.05, 3.63) is 59.2 Å². The van der Waals surface area contributed by atoms with E-state index in [0.29, 0.717) is 17.6 Å². The molecule has 0 saturated carbocycles. The Bertz CT molecular complexity index is 783. The number of carbonyl (C=O) groups is 1.